The van der Waals surface area contributed by atoms with Crippen LogP contribution in [0.3, 0.4) is 0 Å². The number of carbonyl (C=O) groups is 1. The zero-order valence-electron chi connectivity index (χ0n) is 22.3. The van der Waals surface area contributed by atoms with E-state index in [1.165, 1.54) is 5.56 Å². The topological polar surface area (TPSA) is 79.7 Å². The van der Waals surface area contributed by atoms with Gasteiger partial charge in [-0.1, -0.05) is 44.2 Å². The van der Waals surface area contributed by atoms with Crippen LogP contribution in [0.4, 0.5) is 4.39 Å². The monoisotopic (exact) mass is 505 g/mol. The van der Waals surface area contributed by atoms with Gasteiger partial charge in [0.2, 0.25) is 0 Å². The van der Waals surface area contributed by atoms with Crippen LogP contribution in [0.5, 0.6) is 5.75 Å². The Morgan fingerprint density at radius 1 is 1.14 bits per heavy atom. The number of aromatic nitrogens is 1. The lowest BCUT2D eigenvalue weighted by Gasteiger charge is -2.21. The summed E-state index contributed by atoms with van der Waals surface area (Å²) in [5.41, 5.74) is 5.01. The van der Waals surface area contributed by atoms with Crippen molar-refractivity contribution < 1.29 is 24.1 Å². The van der Waals surface area contributed by atoms with Crippen molar-refractivity contribution in [1.29, 1.82) is 0 Å². The standard InChI is InChI=1S/C24H19NO3.C5H11FO.C2H6/c1-14-12-16-4-2-3-5-17(16)23(19(14)13-21(26)27)18-6-7-20-22-15(9-11-28-20)8-10-25-24(18)22;1-5(2,7)3-4-6;1-2/h2-8,10,12H,9,11,13H2,1H3,(H,26,27);7H,3-4H2,1-2H3;1-2H3. The number of fused-ring (bicyclic) bond motifs is 1. The highest BCUT2D eigenvalue weighted by Gasteiger charge is 2.21. The second-order valence-corrected chi connectivity index (χ2v) is 9.49. The van der Waals surface area contributed by atoms with Gasteiger partial charge < -0.3 is 14.9 Å². The second-order valence-electron chi connectivity index (χ2n) is 9.49. The first-order chi connectivity index (χ1) is 17.7. The maximum Gasteiger partial charge on any atom is 0.307 e. The Bertz CT molecular complexity index is 1380. The van der Waals surface area contributed by atoms with Crippen molar-refractivity contribution in [3.05, 3.63) is 71.4 Å². The summed E-state index contributed by atoms with van der Waals surface area (Å²) in [7, 11) is 0. The lowest BCUT2D eigenvalue weighted by atomic mass is 9.87. The molecule has 6 heteroatoms. The third-order valence-electron chi connectivity index (χ3n) is 6.25. The smallest absolute Gasteiger partial charge is 0.307 e. The van der Waals surface area contributed by atoms with E-state index in [1.54, 1.807) is 13.8 Å². The van der Waals surface area contributed by atoms with Crippen molar-refractivity contribution in [1.82, 2.24) is 4.98 Å². The average Bonchev–Trinajstić information content (AvgIpc) is 2.86. The molecule has 0 fully saturated rings. The van der Waals surface area contributed by atoms with E-state index in [0.717, 1.165) is 56.1 Å². The highest BCUT2D eigenvalue weighted by atomic mass is 19.1. The average molecular weight is 506 g/mol. The molecule has 1 aliphatic rings. The van der Waals surface area contributed by atoms with Gasteiger partial charge in [0.05, 0.1) is 30.8 Å². The highest BCUT2D eigenvalue weighted by Crippen LogP contribution is 2.42. The zero-order valence-corrected chi connectivity index (χ0v) is 22.3. The number of hydrogen-bond donors (Lipinski definition) is 2. The minimum atomic E-state index is -0.835. The van der Waals surface area contributed by atoms with Gasteiger partial charge in [0.25, 0.3) is 0 Å². The van der Waals surface area contributed by atoms with Crippen LogP contribution in [0, 0.1) is 6.92 Å². The molecule has 0 saturated carbocycles. The first-order valence-corrected chi connectivity index (χ1v) is 12.7. The van der Waals surface area contributed by atoms with Gasteiger partial charge in [-0.2, -0.15) is 0 Å². The Morgan fingerprint density at radius 3 is 2.51 bits per heavy atom. The highest BCUT2D eigenvalue weighted by molar-refractivity contribution is 6.08. The number of halogens is 1. The molecule has 0 aliphatic carbocycles. The molecule has 0 amide bonds. The molecule has 196 valence electrons. The molecule has 2 N–H and O–H groups in total. The minimum Gasteiger partial charge on any atom is -0.493 e. The summed E-state index contributed by atoms with van der Waals surface area (Å²) < 4.78 is 17.2. The predicted molar refractivity (Wildman–Crippen MR) is 148 cm³/mol. The maximum absolute atomic E-state index is 11.6. The Balaban J connectivity index is 0.000000369. The lowest BCUT2D eigenvalue weighted by Crippen LogP contribution is -2.18. The van der Waals surface area contributed by atoms with Crippen LogP contribution in [-0.4, -0.2) is 40.0 Å². The number of aliphatic carboxylic acids is 1. The first kappa shape index (κ1) is 28.1. The Morgan fingerprint density at radius 2 is 1.86 bits per heavy atom. The molecule has 5 nitrogen and oxygen atoms in total. The van der Waals surface area contributed by atoms with E-state index in [4.69, 9.17) is 14.8 Å². The number of nitrogens with zero attached hydrogens (tertiary/aromatic N) is 1. The number of alkyl halides is 1. The molecule has 2 heterocycles. The van der Waals surface area contributed by atoms with Gasteiger partial charge in [0, 0.05) is 30.0 Å². The number of hydrogen-bond acceptors (Lipinski definition) is 4. The fourth-order valence-corrected chi connectivity index (χ4v) is 4.55. The number of carboxylic acid groups (broad SMARTS) is 1. The summed E-state index contributed by atoms with van der Waals surface area (Å²) in [6.45, 7) is 9.39. The van der Waals surface area contributed by atoms with Crippen LogP contribution in [-0.2, 0) is 17.6 Å². The summed E-state index contributed by atoms with van der Waals surface area (Å²) in [4.78, 5) is 16.3. The Hall–Kier alpha value is -3.51. The van der Waals surface area contributed by atoms with Crippen LogP contribution in [0.15, 0.2) is 54.7 Å². The summed E-state index contributed by atoms with van der Waals surface area (Å²) >= 11 is 0. The molecule has 1 aromatic heterocycles. The molecule has 1 aliphatic heterocycles. The van der Waals surface area contributed by atoms with Crippen LogP contribution >= 0.6 is 0 Å². The van der Waals surface area contributed by atoms with E-state index in [0.29, 0.717) is 6.61 Å². The van der Waals surface area contributed by atoms with Crippen molar-refractivity contribution >= 4 is 27.6 Å². The molecule has 0 atom stereocenters. The van der Waals surface area contributed by atoms with E-state index < -0.39 is 18.2 Å². The number of aliphatic hydroxyl groups is 1. The SMILES string of the molecule is CC.CC(C)(O)CCF.Cc1cc2ccccc2c(-c2ccc3c4c(ccnc24)CCO3)c1CC(=O)O. The number of aryl methyl sites for hydroxylation is 1. The van der Waals surface area contributed by atoms with E-state index in [2.05, 4.69) is 18.2 Å². The van der Waals surface area contributed by atoms with Crippen LogP contribution in [0.2, 0.25) is 0 Å². The molecule has 0 spiro atoms. The van der Waals surface area contributed by atoms with Crippen molar-refractivity contribution in [2.75, 3.05) is 13.3 Å². The number of carboxylic acids is 1. The molecule has 37 heavy (non-hydrogen) atoms. The Kier molecular flexibility index (Phi) is 9.22. The number of pyridine rings is 1. The van der Waals surface area contributed by atoms with E-state index in [1.807, 2.05) is 57.3 Å². The molecule has 3 aromatic carbocycles. The fraction of sp³-hybridized carbons (Fsp3) is 0.355. The van der Waals surface area contributed by atoms with Crippen molar-refractivity contribution in [3.8, 4) is 16.9 Å². The summed E-state index contributed by atoms with van der Waals surface area (Å²) in [5, 5.41) is 21.5. The van der Waals surface area contributed by atoms with Crippen LogP contribution in [0.25, 0.3) is 32.8 Å². The first-order valence-electron chi connectivity index (χ1n) is 12.7. The molecule has 5 rings (SSSR count). The van der Waals surface area contributed by atoms with Crippen molar-refractivity contribution in [2.24, 2.45) is 0 Å². The molecular weight excluding hydrogens is 469 g/mol. The van der Waals surface area contributed by atoms with Gasteiger partial charge in [0.1, 0.15) is 5.75 Å². The number of ether oxygens (including phenoxy) is 1. The van der Waals surface area contributed by atoms with Crippen LogP contribution < -0.4 is 4.74 Å². The number of benzene rings is 3. The molecule has 0 bridgehead atoms. The van der Waals surface area contributed by atoms with Gasteiger partial charge in [-0.05, 0) is 72.0 Å². The lowest BCUT2D eigenvalue weighted by molar-refractivity contribution is -0.136. The third-order valence-corrected chi connectivity index (χ3v) is 6.25. The minimum absolute atomic E-state index is 0.0224. The van der Waals surface area contributed by atoms with Gasteiger partial charge in [-0.15, -0.1) is 0 Å². The second kappa shape index (κ2) is 12.2. The summed E-state index contributed by atoms with van der Waals surface area (Å²) in [6.07, 6.45) is 2.90. The summed E-state index contributed by atoms with van der Waals surface area (Å²) in [5.74, 6) is 0.0171. The molecule has 0 saturated heterocycles. The maximum atomic E-state index is 11.6. The third kappa shape index (κ3) is 6.44. The fourth-order valence-electron chi connectivity index (χ4n) is 4.55. The Labute approximate surface area is 217 Å². The molecular formula is C31H36FNO4. The van der Waals surface area contributed by atoms with Crippen molar-refractivity contribution in [3.63, 3.8) is 0 Å². The van der Waals surface area contributed by atoms with E-state index in [-0.39, 0.29) is 12.8 Å². The number of rotatable bonds is 5. The quantitative estimate of drug-likeness (QED) is 0.303. The normalized spacial score (nSPS) is 12.2. The molecule has 4 aromatic rings. The largest absolute Gasteiger partial charge is 0.493 e. The van der Waals surface area contributed by atoms with E-state index in [9.17, 15) is 14.3 Å². The van der Waals surface area contributed by atoms with Gasteiger partial charge in [0.15, 0.2) is 0 Å². The van der Waals surface area contributed by atoms with Gasteiger partial charge in [-0.3, -0.25) is 14.2 Å². The molecule has 0 radical (unpaired) electrons. The predicted octanol–water partition coefficient (Wildman–Crippen LogP) is 7.07. The van der Waals surface area contributed by atoms with Gasteiger partial charge in [-0.25, -0.2) is 0 Å². The van der Waals surface area contributed by atoms with Crippen LogP contribution in [0.1, 0.15) is 50.8 Å². The van der Waals surface area contributed by atoms with E-state index >= 15 is 0 Å². The zero-order chi connectivity index (χ0) is 27.2. The van der Waals surface area contributed by atoms with Gasteiger partial charge >= 0.3 is 5.97 Å². The summed E-state index contributed by atoms with van der Waals surface area (Å²) in [6, 6.07) is 16.2. The molecule has 0 unspecified atom stereocenters. The van der Waals surface area contributed by atoms with Crippen molar-refractivity contribution in [2.45, 2.75) is 59.5 Å².